The summed E-state index contributed by atoms with van der Waals surface area (Å²) in [5.74, 6) is 0. The van der Waals surface area contributed by atoms with Crippen LogP contribution in [-0.4, -0.2) is 0 Å². The van der Waals surface area contributed by atoms with Gasteiger partial charge in [0.05, 0.1) is 4.88 Å². The summed E-state index contributed by atoms with van der Waals surface area (Å²) in [6, 6.07) is 13.2. The zero-order valence-corrected chi connectivity index (χ0v) is 11.8. The molecule has 0 unspecified atom stereocenters. The van der Waals surface area contributed by atoms with Crippen molar-refractivity contribution in [1.29, 1.82) is 0 Å². The van der Waals surface area contributed by atoms with Gasteiger partial charge >= 0.3 is 0 Å². The molecule has 3 heterocycles. The molecule has 0 N–H and O–H groups in total. The maximum Gasteiger partial charge on any atom is 0.248 e. The standard InChI is InChI=1S/C14H11S3/c1-10-8-11(12-4-2-6-15-12)9-14(17-10)13-5-3-7-16-13/h2-9H,1H3/q+1. The van der Waals surface area contributed by atoms with E-state index < -0.39 is 0 Å². The number of rotatable bonds is 2. The fraction of sp³-hybridized carbons (Fsp3) is 0.0714. The zero-order chi connectivity index (χ0) is 11.7. The van der Waals surface area contributed by atoms with E-state index in [-0.39, 0.29) is 0 Å². The van der Waals surface area contributed by atoms with Crippen molar-refractivity contribution in [3.05, 3.63) is 52.0 Å². The molecule has 0 aliphatic heterocycles. The molecule has 17 heavy (non-hydrogen) atoms. The van der Waals surface area contributed by atoms with Crippen molar-refractivity contribution >= 4 is 34.0 Å². The van der Waals surface area contributed by atoms with Crippen LogP contribution in [0.25, 0.3) is 20.2 Å². The van der Waals surface area contributed by atoms with Crippen LogP contribution in [0.4, 0.5) is 0 Å². The largest absolute Gasteiger partial charge is 0.248 e. The highest BCUT2D eigenvalue weighted by Gasteiger charge is 2.15. The molecule has 0 aliphatic carbocycles. The van der Waals surface area contributed by atoms with Crippen LogP contribution in [0.5, 0.6) is 0 Å². The first-order chi connectivity index (χ1) is 8.33. The van der Waals surface area contributed by atoms with Crippen molar-refractivity contribution in [1.82, 2.24) is 0 Å². The van der Waals surface area contributed by atoms with Crippen molar-refractivity contribution in [2.75, 3.05) is 0 Å². The first kappa shape index (κ1) is 11.1. The van der Waals surface area contributed by atoms with Gasteiger partial charge in [-0.1, -0.05) is 12.1 Å². The summed E-state index contributed by atoms with van der Waals surface area (Å²) < 4.78 is 0. The molecule has 0 atom stereocenters. The van der Waals surface area contributed by atoms with Gasteiger partial charge in [0.1, 0.15) is 0 Å². The second-order valence-electron chi connectivity index (χ2n) is 3.78. The average Bonchev–Trinajstić information content (AvgIpc) is 3.02. The molecule has 3 rings (SSSR count). The minimum Gasteiger partial charge on any atom is -0.144 e. The fourth-order valence-electron chi connectivity index (χ4n) is 1.76. The van der Waals surface area contributed by atoms with E-state index in [2.05, 4.69) is 54.1 Å². The summed E-state index contributed by atoms with van der Waals surface area (Å²) in [7, 11) is 0. The molecule has 0 saturated heterocycles. The number of aryl methyl sites for hydroxylation is 1. The first-order valence-corrected chi connectivity index (χ1v) is 7.93. The molecule has 0 aromatic carbocycles. The second kappa shape index (κ2) is 4.69. The molecule has 3 aromatic heterocycles. The highest BCUT2D eigenvalue weighted by molar-refractivity contribution is 7.21. The van der Waals surface area contributed by atoms with E-state index in [4.69, 9.17) is 0 Å². The zero-order valence-electron chi connectivity index (χ0n) is 9.34. The van der Waals surface area contributed by atoms with E-state index in [1.54, 1.807) is 22.7 Å². The normalized spacial score (nSPS) is 10.6. The van der Waals surface area contributed by atoms with Gasteiger partial charge < -0.3 is 0 Å². The molecular weight excluding hydrogens is 264 g/mol. The van der Waals surface area contributed by atoms with E-state index in [9.17, 15) is 0 Å². The Morgan fingerprint density at radius 1 is 0.941 bits per heavy atom. The van der Waals surface area contributed by atoms with Gasteiger partial charge in [0, 0.05) is 29.5 Å². The maximum atomic E-state index is 2.30. The summed E-state index contributed by atoms with van der Waals surface area (Å²) in [5.41, 5.74) is 1.33. The van der Waals surface area contributed by atoms with E-state index in [1.165, 1.54) is 25.1 Å². The first-order valence-electron chi connectivity index (χ1n) is 5.35. The molecule has 0 amide bonds. The van der Waals surface area contributed by atoms with Crippen LogP contribution in [0, 0.1) is 6.92 Å². The van der Waals surface area contributed by atoms with Crippen LogP contribution < -0.4 is 0 Å². The molecule has 0 aliphatic rings. The van der Waals surface area contributed by atoms with Gasteiger partial charge in [0.2, 0.25) is 21.1 Å². The van der Waals surface area contributed by atoms with Crippen molar-refractivity contribution < 1.29 is 0 Å². The Balaban J connectivity index is 2.13. The van der Waals surface area contributed by atoms with Crippen molar-refractivity contribution in [3.8, 4) is 20.2 Å². The van der Waals surface area contributed by atoms with E-state index >= 15 is 0 Å². The van der Waals surface area contributed by atoms with Crippen molar-refractivity contribution in [2.45, 2.75) is 6.92 Å². The predicted molar refractivity (Wildman–Crippen MR) is 80.1 cm³/mol. The molecule has 0 spiro atoms. The summed E-state index contributed by atoms with van der Waals surface area (Å²) in [5, 5.41) is 4.26. The van der Waals surface area contributed by atoms with Crippen LogP contribution in [-0.2, 0) is 0 Å². The number of hydrogen-bond donors (Lipinski definition) is 0. The highest BCUT2D eigenvalue weighted by atomic mass is 32.1. The number of thiophene rings is 2. The molecule has 3 heteroatoms. The Kier molecular flexibility index (Phi) is 3.05. The molecule has 0 bridgehead atoms. The molecule has 0 nitrogen and oxygen atoms in total. The van der Waals surface area contributed by atoms with Gasteiger partial charge in [0.15, 0.2) is 0 Å². The third-order valence-electron chi connectivity index (χ3n) is 2.49. The number of hydrogen-bond acceptors (Lipinski definition) is 2. The summed E-state index contributed by atoms with van der Waals surface area (Å²) >= 11 is 5.46. The van der Waals surface area contributed by atoms with E-state index in [0.717, 1.165) is 0 Å². The lowest BCUT2D eigenvalue weighted by Gasteiger charge is -1.95. The van der Waals surface area contributed by atoms with Gasteiger partial charge in [0.25, 0.3) is 0 Å². The van der Waals surface area contributed by atoms with Gasteiger partial charge in [-0.05, 0) is 22.9 Å². The maximum absolute atomic E-state index is 2.30. The van der Waals surface area contributed by atoms with Crippen LogP contribution >= 0.6 is 34.0 Å². The van der Waals surface area contributed by atoms with E-state index in [1.807, 2.05) is 11.3 Å². The van der Waals surface area contributed by atoms with Gasteiger partial charge in [-0.3, -0.25) is 0 Å². The molecule has 0 radical (unpaired) electrons. The monoisotopic (exact) mass is 275 g/mol. The van der Waals surface area contributed by atoms with Crippen molar-refractivity contribution in [2.24, 2.45) is 0 Å². The lowest BCUT2D eigenvalue weighted by molar-refractivity contribution is 1.60. The Bertz CT molecular complexity index is 554. The molecule has 0 fully saturated rings. The predicted octanol–water partition coefficient (Wildman–Crippen LogP) is 5.79. The molecular formula is C14H11S3+. The topological polar surface area (TPSA) is 0 Å². The molecule has 3 aromatic rings. The Morgan fingerprint density at radius 2 is 1.65 bits per heavy atom. The summed E-state index contributed by atoms with van der Waals surface area (Å²) in [4.78, 5) is 5.43. The minimum absolute atomic E-state index is 1.33. The van der Waals surface area contributed by atoms with Gasteiger partial charge in [-0.15, -0.1) is 22.7 Å². The average molecular weight is 275 g/mol. The lowest BCUT2D eigenvalue weighted by Crippen LogP contribution is -1.76. The summed E-state index contributed by atoms with van der Waals surface area (Å²) in [6.45, 7) is 2.18. The van der Waals surface area contributed by atoms with Crippen LogP contribution in [0.15, 0.2) is 47.2 Å². The smallest absolute Gasteiger partial charge is 0.144 e. The summed E-state index contributed by atoms with van der Waals surface area (Å²) in [6.07, 6.45) is 0. The highest BCUT2D eigenvalue weighted by Crippen LogP contribution is 2.35. The quantitative estimate of drug-likeness (QED) is 0.519. The second-order valence-corrected chi connectivity index (χ2v) is 6.96. The van der Waals surface area contributed by atoms with Crippen molar-refractivity contribution in [3.63, 3.8) is 0 Å². The Morgan fingerprint density at radius 3 is 2.29 bits per heavy atom. The van der Waals surface area contributed by atoms with Gasteiger partial charge in [-0.2, -0.15) is 0 Å². The van der Waals surface area contributed by atoms with Gasteiger partial charge in [-0.25, -0.2) is 0 Å². The minimum atomic E-state index is 1.33. The van der Waals surface area contributed by atoms with E-state index in [0.29, 0.717) is 0 Å². The fourth-order valence-corrected chi connectivity index (χ4v) is 4.27. The van der Waals surface area contributed by atoms with Crippen LogP contribution in [0.3, 0.4) is 0 Å². The third-order valence-corrected chi connectivity index (χ3v) is 5.43. The Hall–Kier alpha value is -1.03. The molecule has 84 valence electrons. The Labute approximate surface area is 113 Å². The lowest BCUT2D eigenvalue weighted by atomic mass is 10.2. The SMILES string of the molecule is Cc1cc(-c2cccs2)cc(-c2cccs2)[s+]1. The van der Waals surface area contributed by atoms with Crippen LogP contribution in [0.2, 0.25) is 0 Å². The molecule has 0 saturated carbocycles. The van der Waals surface area contributed by atoms with Crippen LogP contribution in [0.1, 0.15) is 4.88 Å². The third kappa shape index (κ3) is 2.32.